The zero-order valence-electron chi connectivity index (χ0n) is 12.4. The summed E-state index contributed by atoms with van der Waals surface area (Å²) in [6.45, 7) is 4.00. The van der Waals surface area contributed by atoms with Crippen molar-refractivity contribution in [2.75, 3.05) is 6.54 Å². The fourth-order valence-corrected chi connectivity index (χ4v) is 2.57. The van der Waals surface area contributed by atoms with Gasteiger partial charge in [-0.3, -0.25) is 9.59 Å². The SMILES string of the molecule is C[C@H](Cc1ccccc1Cl)NC(=O)CNC(=O)[C@H]1C[C@H]1C. The van der Waals surface area contributed by atoms with Gasteiger partial charge in [-0.1, -0.05) is 36.7 Å². The van der Waals surface area contributed by atoms with Crippen LogP contribution < -0.4 is 10.6 Å². The maximum absolute atomic E-state index is 11.8. The number of carbonyl (C=O) groups excluding carboxylic acids is 2. The van der Waals surface area contributed by atoms with Crippen LogP contribution in [0.4, 0.5) is 0 Å². The Morgan fingerprint density at radius 3 is 2.67 bits per heavy atom. The number of benzene rings is 1. The van der Waals surface area contributed by atoms with Crippen LogP contribution >= 0.6 is 11.6 Å². The molecule has 1 aromatic rings. The van der Waals surface area contributed by atoms with E-state index in [2.05, 4.69) is 10.6 Å². The standard InChI is InChI=1S/C16H21ClN2O2/c1-10-7-13(10)16(21)18-9-15(20)19-11(2)8-12-5-3-4-6-14(12)17/h3-6,10-11,13H,7-9H2,1-2H3,(H,18,21)(H,19,20)/t10-,11-,13+/m1/s1. The molecule has 2 rings (SSSR count). The third kappa shape index (κ3) is 4.74. The zero-order valence-corrected chi connectivity index (χ0v) is 13.1. The van der Waals surface area contributed by atoms with Crippen molar-refractivity contribution in [3.63, 3.8) is 0 Å². The summed E-state index contributed by atoms with van der Waals surface area (Å²) in [4.78, 5) is 23.4. The number of nitrogens with one attached hydrogen (secondary N) is 2. The van der Waals surface area contributed by atoms with E-state index in [1.54, 1.807) is 0 Å². The molecule has 0 aliphatic heterocycles. The van der Waals surface area contributed by atoms with Gasteiger partial charge in [0.1, 0.15) is 0 Å². The normalized spacial score (nSPS) is 21.5. The molecule has 0 unspecified atom stereocenters. The molecule has 1 aliphatic rings. The summed E-state index contributed by atoms with van der Waals surface area (Å²) in [6, 6.07) is 7.55. The van der Waals surface area contributed by atoms with Crippen LogP contribution in [0.5, 0.6) is 0 Å². The second kappa shape index (κ2) is 6.94. The van der Waals surface area contributed by atoms with Gasteiger partial charge in [-0.25, -0.2) is 0 Å². The topological polar surface area (TPSA) is 58.2 Å². The molecule has 2 N–H and O–H groups in total. The summed E-state index contributed by atoms with van der Waals surface area (Å²) in [7, 11) is 0. The van der Waals surface area contributed by atoms with Gasteiger partial charge in [0.05, 0.1) is 6.54 Å². The fraction of sp³-hybridized carbons (Fsp3) is 0.500. The third-order valence-corrected chi connectivity index (χ3v) is 4.13. The first kappa shape index (κ1) is 15.8. The lowest BCUT2D eigenvalue weighted by atomic mass is 10.1. The van der Waals surface area contributed by atoms with E-state index < -0.39 is 0 Å². The van der Waals surface area contributed by atoms with Crippen LogP contribution in [0.25, 0.3) is 0 Å². The zero-order chi connectivity index (χ0) is 15.4. The first-order valence-electron chi connectivity index (χ1n) is 7.28. The molecule has 1 fully saturated rings. The Labute approximate surface area is 130 Å². The molecule has 1 saturated carbocycles. The van der Waals surface area contributed by atoms with Gasteiger partial charge in [0, 0.05) is 17.0 Å². The number of carbonyl (C=O) groups is 2. The van der Waals surface area contributed by atoms with Crippen molar-refractivity contribution in [2.45, 2.75) is 32.7 Å². The molecule has 114 valence electrons. The Morgan fingerprint density at radius 1 is 1.38 bits per heavy atom. The molecule has 2 amide bonds. The number of rotatable bonds is 6. The molecular weight excluding hydrogens is 288 g/mol. The van der Waals surface area contributed by atoms with E-state index in [1.165, 1.54) is 0 Å². The van der Waals surface area contributed by atoms with E-state index in [-0.39, 0.29) is 30.3 Å². The smallest absolute Gasteiger partial charge is 0.239 e. The van der Waals surface area contributed by atoms with Crippen LogP contribution in [-0.4, -0.2) is 24.4 Å². The molecule has 0 heterocycles. The van der Waals surface area contributed by atoms with Gasteiger partial charge in [-0.2, -0.15) is 0 Å². The van der Waals surface area contributed by atoms with Crippen molar-refractivity contribution < 1.29 is 9.59 Å². The van der Waals surface area contributed by atoms with Crippen LogP contribution in [0.1, 0.15) is 25.8 Å². The molecule has 5 heteroatoms. The molecule has 0 bridgehead atoms. The maximum atomic E-state index is 11.8. The highest BCUT2D eigenvalue weighted by atomic mass is 35.5. The lowest BCUT2D eigenvalue weighted by Crippen LogP contribution is -2.42. The Morgan fingerprint density at radius 2 is 2.05 bits per heavy atom. The van der Waals surface area contributed by atoms with Gasteiger partial charge < -0.3 is 10.6 Å². The molecule has 21 heavy (non-hydrogen) atoms. The highest BCUT2D eigenvalue weighted by molar-refractivity contribution is 6.31. The van der Waals surface area contributed by atoms with Crippen molar-refractivity contribution in [3.8, 4) is 0 Å². The van der Waals surface area contributed by atoms with Crippen LogP contribution in [0, 0.1) is 11.8 Å². The van der Waals surface area contributed by atoms with E-state index in [9.17, 15) is 9.59 Å². The molecule has 4 nitrogen and oxygen atoms in total. The summed E-state index contributed by atoms with van der Waals surface area (Å²) in [5.41, 5.74) is 1.00. The van der Waals surface area contributed by atoms with Gasteiger partial charge in [-0.05, 0) is 37.3 Å². The number of hydrogen-bond donors (Lipinski definition) is 2. The van der Waals surface area contributed by atoms with E-state index in [4.69, 9.17) is 11.6 Å². The van der Waals surface area contributed by atoms with Crippen molar-refractivity contribution >= 4 is 23.4 Å². The lowest BCUT2D eigenvalue weighted by molar-refractivity contribution is -0.127. The fourth-order valence-electron chi connectivity index (χ4n) is 2.36. The summed E-state index contributed by atoms with van der Waals surface area (Å²) in [5, 5.41) is 6.25. The highest BCUT2D eigenvalue weighted by Gasteiger charge is 2.38. The molecule has 0 saturated heterocycles. The van der Waals surface area contributed by atoms with Crippen molar-refractivity contribution in [1.29, 1.82) is 0 Å². The predicted molar refractivity (Wildman–Crippen MR) is 83.0 cm³/mol. The average Bonchev–Trinajstić information content (AvgIpc) is 3.16. The molecule has 1 aliphatic carbocycles. The van der Waals surface area contributed by atoms with Crippen LogP contribution in [0.3, 0.4) is 0 Å². The Kier molecular flexibility index (Phi) is 5.23. The van der Waals surface area contributed by atoms with Crippen molar-refractivity contribution in [1.82, 2.24) is 10.6 Å². The molecular formula is C16H21ClN2O2. The molecule has 0 radical (unpaired) electrons. The third-order valence-electron chi connectivity index (χ3n) is 3.76. The van der Waals surface area contributed by atoms with E-state index in [0.29, 0.717) is 17.4 Å². The second-order valence-corrected chi connectivity index (χ2v) is 6.21. The van der Waals surface area contributed by atoms with E-state index in [1.807, 2.05) is 38.1 Å². The lowest BCUT2D eigenvalue weighted by Gasteiger charge is -2.15. The minimum absolute atomic E-state index is 0.0172. The van der Waals surface area contributed by atoms with Gasteiger partial charge in [0.15, 0.2) is 0 Å². The monoisotopic (exact) mass is 308 g/mol. The largest absolute Gasteiger partial charge is 0.352 e. The minimum atomic E-state index is -0.170. The second-order valence-electron chi connectivity index (χ2n) is 5.80. The first-order valence-corrected chi connectivity index (χ1v) is 7.65. The Balaban J connectivity index is 1.72. The number of amides is 2. The van der Waals surface area contributed by atoms with Crippen molar-refractivity contribution in [2.24, 2.45) is 11.8 Å². The summed E-state index contributed by atoms with van der Waals surface area (Å²) >= 11 is 6.09. The van der Waals surface area contributed by atoms with Gasteiger partial charge in [0.25, 0.3) is 0 Å². The van der Waals surface area contributed by atoms with Crippen LogP contribution in [-0.2, 0) is 16.0 Å². The molecule has 3 atom stereocenters. The summed E-state index contributed by atoms with van der Waals surface area (Å²) < 4.78 is 0. The summed E-state index contributed by atoms with van der Waals surface area (Å²) in [5.74, 6) is 0.359. The molecule has 0 spiro atoms. The Bertz CT molecular complexity index is 533. The van der Waals surface area contributed by atoms with Crippen molar-refractivity contribution in [3.05, 3.63) is 34.9 Å². The van der Waals surface area contributed by atoms with E-state index in [0.717, 1.165) is 12.0 Å². The molecule has 1 aromatic carbocycles. The highest BCUT2D eigenvalue weighted by Crippen LogP contribution is 2.37. The minimum Gasteiger partial charge on any atom is -0.352 e. The van der Waals surface area contributed by atoms with Gasteiger partial charge >= 0.3 is 0 Å². The maximum Gasteiger partial charge on any atom is 0.239 e. The number of hydrogen-bond acceptors (Lipinski definition) is 2. The van der Waals surface area contributed by atoms with E-state index >= 15 is 0 Å². The Hall–Kier alpha value is -1.55. The predicted octanol–water partition coefficient (Wildman–Crippen LogP) is 2.16. The quantitative estimate of drug-likeness (QED) is 0.846. The van der Waals surface area contributed by atoms with Crippen LogP contribution in [0.2, 0.25) is 5.02 Å². The van der Waals surface area contributed by atoms with Gasteiger partial charge in [-0.15, -0.1) is 0 Å². The first-order chi connectivity index (χ1) is 9.97. The van der Waals surface area contributed by atoms with Crippen LogP contribution in [0.15, 0.2) is 24.3 Å². The summed E-state index contributed by atoms with van der Waals surface area (Å²) in [6.07, 6.45) is 1.59. The molecule has 0 aromatic heterocycles. The van der Waals surface area contributed by atoms with Gasteiger partial charge in [0.2, 0.25) is 11.8 Å². The number of halogens is 1. The average molecular weight is 309 g/mol.